The molecule has 2 N–H and O–H groups in total. The number of nitrogens with two attached hydrogens (primary N) is 1. The quantitative estimate of drug-likeness (QED) is 0.809. The van der Waals surface area contributed by atoms with Crippen LogP contribution in [0.15, 0.2) is 6.07 Å². The molecule has 1 saturated heterocycles. The molecule has 1 aromatic rings. The van der Waals surface area contributed by atoms with Gasteiger partial charge in [0.05, 0.1) is 18.8 Å². The smallest absolute Gasteiger partial charge is 0.272 e. The van der Waals surface area contributed by atoms with Gasteiger partial charge in [0, 0.05) is 13.1 Å². The van der Waals surface area contributed by atoms with E-state index < -0.39 is 0 Å². The van der Waals surface area contributed by atoms with Gasteiger partial charge in [-0.1, -0.05) is 12.2 Å². The van der Waals surface area contributed by atoms with Crippen LogP contribution in [0.1, 0.15) is 23.1 Å². The maximum absolute atomic E-state index is 12.5. The lowest BCUT2D eigenvalue weighted by molar-refractivity contribution is 0.00820. The lowest BCUT2D eigenvalue weighted by Gasteiger charge is -2.32. The molecule has 0 aliphatic carbocycles. The molecule has 1 unspecified atom stereocenters. The molecule has 1 amide bonds. The highest BCUT2D eigenvalue weighted by Crippen LogP contribution is 2.12. The van der Waals surface area contributed by atoms with Gasteiger partial charge in [0.25, 0.3) is 5.91 Å². The van der Waals surface area contributed by atoms with E-state index in [1.54, 1.807) is 15.6 Å². The van der Waals surface area contributed by atoms with E-state index in [1.165, 1.54) is 0 Å². The number of hydrogen-bond acceptors (Lipinski definition) is 4. The molecule has 104 valence electrons. The minimum Gasteiger partial charge on any atom is -0.391 e. The van der Waals surface area contributed by atoms with Gasteiger partial charge in [0.2, 0.25) is 0 Å². The summed E-state index contributed by atoms with van der Waals surface area (Å²) in [6.45, 7) is 5.90. The fourth-order valence-corrected chi connectivity index (χ4v) is 2.27. The number of aryl methyl sites for hydroxylation is 2. The Labute approximate surface area is 117 Å². The number of nitrogens with zero attached hydrogens (tertiary/aromatic N) is 3. The van der Waals surface area contributed by atoms with E-state index >= 15 is 0 Å². The fourth-order valence-electron chi connectivity index (χ4n) is 2.13. The first-order valence-electron chi connectivity index (χ1n) is 6.27. The Kier molecular flexibility index (Phi) is 4.16. The van der Waals surface area contributed by atoms with E-state index in [9.17, 15) is 4.79 Å². The molecule has 19 heavy (non-hydrogen) atoms. The van der Waals surface area contributed by atoms with Gasteiger partial charge in [0.1, 0.15) is 16.8 Å². The molecule has 0 saturated carbocycles. The van der Waals surface area contributed by atoms with Crippen molar-refractivity contribution in [1.82, 2.24) is 14.7 Å². The van der Waals surface area contributed by atoms with Crippen molar-refractivity contribution in [2.45, 2.75) is 26.5 Å². The van der Waals surface area contributed by atoms with Crippen molar-refractivity contribution in [3.63, 3.8) is 0 Å². The van der Waals surface area contributed by atoms with Crippen LogP contribution in [0.5, 0.6) is 0 Å². The average molecular weight is 282 g/mol. The summed E-state index contributed by atoms with van der Waals surface area (Å²) in [6, 6.07) is 1.80. The summed E-state index contributed by atoms with van der Waals surface area (Å²) in [5.74, 6) is -0.0491. The van der Waals surface area contributed by atoms with Crippen molar-refractivity contribution in [1.29, 1.82) is 0 Å². The highest BCUT2D eigenvalue weighted by Gasteiger charge is 2.28. The van der Waals surface area contributed by atoms with E-state index in [2.05, 4.69) is 5.10 Å². The largest absolute Gasteiger partial charge is 0.391 e. The van der Waals surface area contributed by atoms with Crippen molar-refractivity contribution in [3.05, 3.63) is 17.5 Å². The second kappa shape index (κ2) is 5.66. The van der Waals surface area contributed by atoms with Gasteiger partial charge >= 0.3 is 0 Å². The number of ether oxygens (including phenoxy) is 1. The SMILES string of the molecule is CCn1nc(C)cc1C(=O)N1CCOC(C(N)=S)C1. The molecule has 2 rings (SSSR count). The van der Waals surface area contributed by atoms with E-state index in [-0.39, 0.29) is 17.0 Å². The van der Waals surface area contributed by atoms with Crippen molar-refractivity contribution >= 4 is 23.1 Å². The van der Waals surface area contributed by atoms with E-state index in [1.807, 2.05) is 13.8 Å². The number of amides is 1. The number of morpholine rings is 1. The first-order chi connectivity index (χ1) is 9.02. The van der Waals surface area contributed by atoms with Crippen molar-refractivity contribution in [3.8, 4) is 0 Å². The van der Waals surface area contributed by atoms with Crippen LogP contribution in [0.4, 0.5) is 0 Å². The summed E-state index contributed by atoms with van der Waals surface area (Å²) in [5, 5.41) is 4.29. The van der Waals surface area contributed by atoms with Gasteiger partial charge < -0.3 is 15.4 Å². The zero-order valence-corrected chi connectivity index (χ0v) is 11.9. The van der Waals surface area contributed by atoms with Gasteiger partial charge in [-0.25, -0.2) is 0 Å². The van der Waals surface area contributed by atoms with Crippen LogP contribution in [0, 0.1) is 6.92 Å². The Balaban J connectivity index is 2.16. The number of aromatic nitrogens is 2. The second-order valence-electron chi connectivity index (χ2n) is 4.50. The predicted octanol–water partition coefficient (Wildman–Crippen LogP) is 0.339. The molecule has 1 fully saturated rings. The molecule has 1 aliphatic heterocycles. The topological polar surface area (TPSA) is 73.4 Å². The second-order valence-corrected chi connectivity index (χ2v) is 4.97. The standard InChI is InChI=1S/C12H18N4O2S/c1-3-16-9(6-8(2)14-16)12(17)15-4-5-18-10(7-15)11(13)19/h6,10H,3-5,7H2,1-2H3,(H2,13,19). The highest BCUT2D eigenvalue weighted by atomic mass is 32.1. The highest BCUT2D eigenvalue weighted by molar-refractivity contribution is 7.80. The fraction of sp³-hybridized carbons (Fsp3) is 0.583. The normalized spacial score (nSPS) is 19.5. The summed E-state index contributed by atoms with van der Waals surface area (Å²) in [6.07, 6.45) is -0.355. The third-order valence-corrected chi connectivity index (χ3v) is 3.35. The van der Waals surface area contributed by atoms with Crippen molar-refractivity contribution < 1.29 is 9.53 Å². The summed E-state index contributed by atoms with van der Waals surface area (Å²) in [4.78, 5) is 14.5. The number of carbonyl (C=O) groups is 1. The van der Waals surface area contributed by atoms with E-state index in [4.69, 9.17) is 22.7 Å². The maximum atomic E-state index is 12.5. The van der Waals surface area contributed by atoms with Crippen LogP contribution in [0.2, 0.25) is 0 Å². The predicted molar refractivity (Wildman–Crippen MR) is 75.1 cm³/mol. The van der Waals surface area contributed by atoms with Crippen LogP contribution >= 0.6 is 12.2 Å². The minimum atomic E-state index is -0.355. The number of rotatable bonds is 3. The molecule has 0 bridgehead atoms. The zero-order chi connectivity index (χ0) is 14.0. The molecule has 2 heterocycles. The van der Waals surface area contributed by atoms with Gasteiger partial charge in [-0.15, -0.1) is 0 Å². The first-order valence-corrected chi connectivity index (χ1v) is 6.68. The molecule has 0 aromatic carbocycles. The zero-order valence-electron chi connectivity index (χ0n) is 11.1. The van der Waals surface area contributed by atoms with Crippen molar-refractivity contribution in [2.75, 3.05) is 19.7 Å². The molecular formula is C12H18N4O2S. The molecule has 1 aliphatic rings. The summed E-state index contributed by atoms with van der Waals surface area (Å²) < 4.78 is 7.15. The molecule has 6 nitrogen and oxygen atoms in total. The molecule has 1 aromatic heterocycles. The Morgan fingerprint density at radius 2 is 2.42 bits per heavy atom. The Morgan fingerprint density at radius 1 is 1.68 bits per heavy atom. The summed E-state index contributed by atoms with van der Waals surface area (Å²) in [7, 11) is 0. The van der Waals surface area contributed by atoms with Crippen molar-refractivity contribution in [2.24, 2.45) is 5.73 Å². The van der Waals surface area contributed by atoms with Crippen LogP contribution in [0.25, 0.3) is 0 Å². The lowest BCUT2D eigenvalue weighted by Crippen LogP contribution is -2.50. The van der Waals surface area contributed by atoms with Crippen LogP contribution < -0.4 is 5.73 Å². The maximum Gasteiger partial charge on any atom is 0.272 e. The average Bonchev–Trinajstić information content (AvgIpc) is 2.79. The molecule has 0 spiro atoms. The Morgan fingerprint density at radius 3 is 3.05 bits per heavy atom. The molecule has 7 heteroatoms. The third-order valence-electron chi connectivity index (χ3n) is 3.09. The number of carbonyl (C=O) groups excluding carboxylic acids is 1. The van der Waals surface area contributed by atoms with Crippen LogP contribution in [0.3, 0.4) is 0 Å². The van der Waals surface area contributed by atoms with Gasteiger partial charge in [-0.05, 0) is 19.9 Å². The van der Waals surface area contributed by atoms with Gasteiger partial charge in [-0.2, -0.15) is 5.10 Å². The lowest BCUT2D eigenvalue weighted by atomic mass is 10.2. The molecule has 1 atom stereocenters. The molecule has 0 radical (unpaired) electrons. The number of thiocarbonyl (C=S) groups is 1. The molecular weight excluding hydrogens is 264 g/mol. The van der Waals surface area contributed by atoms with E-state index in [0.717, 1.165) is 5.69 Å². The van der Waals surface area contributed by atoms with Crippen LogP contribution in [-0.2, 0) is 11.3 Å². The first kappa shape index (κ1) is 14.0. The van der Waals surface area contributed by atoms with E-state index in [0.29, 0.717) is 31.9 Å². The summed E-state index contributed by atoms with van der Waals surface area (Å²) in [5.41, 5.74) is 7.02. The Bertz CT molecular complexity index is 500. The Hall–Kier alpha value is -1.47. The monoisotopic (exact) mass is 282 g/mol. The third kappa shape index (κ3) is 2.93. The minimum absolute atomic E-state index is 0.0491. The van der Waals surface area contributed by atoms with Crippen LogP contribution in [-0.4, -0.2) is 51.4 Å². The van der Waals surface area contributed by atoms with Gasteiger partial charge in [-0.3, -0.25) is 9.48 Å². The number of hydrogen-bond donors (Lipinski definition) is 1. The van der Waals surface area contributed by atoms with Gasteiger partial charge in [0.15, 0.2) is 0 Å². The summed E-state index contributed by atoms with van der Waals surface area (Å²) >= 11 is 4.92.